The number of methoxy groups -OCH3 is 1. The van der Waals surface area contributed by atoms with Crippen LogP contribution in [0.15, 0.2) is 70.7 Å². The Morgan fingerprint density at radius 1 is 0.963 bits per heavy atom. The van der Waals surface area contributed by atoms with Crippen molar-refractivity contribution in [3.05, 3.63) is 76.9 Å². The third-order valence-corrected chi connectivity index (χ3v) is 5.94. The number of ketones is 1. The summed E-state index contributed by atoms with van der Waals surface area (Å²) in [6.45, 7) is 2.11. The summed E-state index contributed by atoms with van der Waals surface area (Å²) < 4.78 is 5.29. The summed E-state index contributed by atoms with van der Waals surface area (Å²) in [5.41, 5.74) is 4.27. The summed E-state index contributed by atoms with van der Waals surface area (Å²) in [7, 11) is 1.66. The molecule has 138 valence electrons. The number of carbonyl (C=O) groups excluding carboxylic acids is 1. The van der Waals surface area contributed by atoms with Crippen LogP contribution >= 0.6 is 0 Å². The molecular formula is C24H25NO2. The lowest BCUT2D eigenvalue weighted by molar-refractivity contribution is 0.103. The molecule has 2 aromatic rings. The zero-order chi connectivity index (χ0) is 18.9. The second kappa shape index (κ2) is 7.15. The highest BCUT2D eigenvalue weighted by molar-refractivity contribution is 6.34. The molecule has 0 bridgehead atoms. The summed E-state index contributed by atoms with van der Waals surface area (Å²) in [5, 5.41) is 0. The monoisotopic (exact) mass is 359 g/mol. The van der Waals surface area contributed by atoms with Gasteiger partial charge in [0.1, 0.15) is 5.75 Å². The number of ether oxygens (including phenoxy) is 1. The summed E-state index contributed by atoms with van der Waals surface area (Å²) in [5.74, 6) is 0.881. The third kappa shape index (κ3) is 3.12. The van der Waals surface area contributed by atoms with Crippen LogP contribution in [-0.4, -0.2) is 24.1 Å². The van der Waals surface area contributed by atoms with E-state index in [1.807, 2.05) is 54.6 Å². The van der Waals surface area contributed by atoms with Crippen molar-refractivity contribution in [1.29, 1.82) is 0 Å². The quantitative estimate of drug-likeness (QED) is 0.686. The minimum Gasteiger partial charge on any atom is -0.497 e. The van der Waals surface area contributed by atoms with Gasteiger partial charge in [0.15, 0.2) is 5.78 Å². The van der Waals surface area contributed by atoms with E-state index < -0.39 is 0 Å². The smallest absolute Gasteiger partial charge is 0.195 e. The minimum absolute atomic E-state index is 0.0742. The largest absolute Gasteiger partial charge is 0.497 e. The molecule has 0 amide bonds. The van der Waals surface area contributed by atoms with Crippen LogP contribution in [0.5, 0.6) is 5.75 Å². The predicted octanol–water partition coefficient (Wildman–Crippen LogP) is 5.40. The van der Waals surface area contributed by atoms with Gasteiger partial charge in [-0.3, -0.25) is 9.79 Å². The Morgan fingerprint density at radius 2 is 1.63 bits per heavy atom. The van der Waals surface area contributed by atoms with E-state index in [2.05, 4.69) is 6.92 Å². The van der Waals surface area contributed by atoms with E-state index in [0.29, 0.717) is 0 Å². The normalized spacial score (nSPS) is 18.5. The number of allylic oxidation sites excluding steroid dienone is 1. The molecule has 2 aliphatic rings. The fourth-order valence-electron chi connectivity index (χ4n) is 4.36. The van der Waals surface area contributed by atoms with Crippen molar-refractivity contribution >= 4 is 11.5 Å². The molecule has 1 aliphatic heterocycles. The Morgan fingerprint density at radius 3 is 2.26 bits per heavy atom. The molecule has 2 aromatic carbocycles. The highest BCUT2D eigenvalue weighted by Gasteiger charge is 2.42. The van der Waals surface area contributed by atoms with Gasteiger partial charge in [-0.15, -0.1) is 0 Å². The van der Waals surface area contributed by atoms with Crippen molar-refractivity contribution in [3.8, 4) is 5.75 Å². The fourth-order valence-corrected chi connectivity index (χ4v) is 4.36. The van der Waals surface area contributed by atoms with Crippen LogP contribution in [0.2, 0.25) is 0 Å². The zero-order valence-corrected chi connectivity index (χ0v) is 16.0. The summed E-state index contributed by atoms with van der Waals surface area (Å²) >= 11 is 0. The number of Topliss-reactive ketones (excluding diaryl/α,β-unsaturated/α-hetero) is 1. The standard InChI is InChI=1S/C24H25NO2/c1-17-21(23(26)19-9-5-3-6-10-19)22(18-11-13-20(27-2)14-12-18)25-24(17)15-7-4-8-16-24/h3,5-6,9-14H,4,7-8,15-16H2,1-2H3. The van der Waals surface area contributed by atoms with Crippen LogP contribution in [0, 0.1) is 0 Å². The summed E-state index contributed by atoms with van der Waals surface area (Å²) in [6, 6.07) is 17.4. The van der Waals surface area contributed by atoms with Crippen molar-refractivity contribution in [1.82, 2.24) is 0 Å². The molecule has 0 aromatic heterocycles. The maximum Gasteiger partial charge on any atom is 0.195 e. The van der Waals surface area contributed by atoms with Gasteiger partial charge < -0.3 is 4.74 Å². The maximum atomic E-state index is 13.4. The van der Waals surface area contributed by atoms with Crippen LogP contribution in [0.25, 0.3) is 0 Å². The first-order chi connectivity index (χ1) is 13.1. The number of aliphatic imine (C=N–C) groups is 1. The van der Waals surface area contributed by atoms with Gasteiger partial charge in [-0.05, 0) is 49.6 Å². The average molecular weight is 359 g/mol. The molecule has 0 atom stereocenters. The van der Waals surface area contributed by atoms with Gasteiger partial charge in [0, 0.05) is 16.7 Å². The highest BCUT2D eigenvalue weighted by Crippen LogP contribution is 2.44. The van der Waals surface area contributed by atoms with E-state index in [-0.39, 0.29) is 11.3 Å². The maximum absolute atomic E-state index is 13.4. The number of hydrogen-bond donors (Lipinski definition) is 0. The fraction of sp³-hybridized carbons (Fsp3) is 0.333. The second-order valence-electron chi connectivity index (χ2n) is 7.48. The van der Waals surface area contributed by atoms with Gasteiger partial charge >= 0.3 is 0 Å². The molecule has 0 unspecified atom stereocenters. The van der Waals surface area contributed by atoms with Gasteiger partial charge in [0.2, 0.25) is 0 Å². The van der Waals surface area contributed by atoms with Crippen LogP contribution in [-0.2, 0) is 0 Å². The van der Waals surface area contributed by atoms with Crippen molar-refractivity contribution in [2.75, 3.05) is 7.11 Å². The summed E-state index contributed by atoms with van der Waals surface area (Å²) in [6.07, 6.45) is 5.66. The number of hydrogen-bond acceptors (Lipinski definition) is 3. The molecule has 1 aliphatic carbocycles. The highest BCUT2D eigenvalue weighted by atomic mass is 16.5. The second-order valence-corrected chi connectivity index (χ2v) is 7.48. The molecule has 1 heterocycles. The van der Waals surface area contributed by atoms with Gasteiger partial charge in [-0.1, -0.05) is 49.6 Å². The van der Waals surface area contributed by atoms with Gasteiger partial charge in [0.25, 0.3) is 0 Å². The third-order valence-electron chi connectivity index (χ3n) is 5.94. The van der Waals surface area contributed by atoms with E-state index in [0.717, 1.165) is 46.6 Å². The van der Waals surface area contributed by atoms with E-state index in [1.165, 1.54) is 19.3 Å². The molecule has 1 saturated carbocycles. The van der Waals surface area contributed by atoms with Crippen molar-refractivity contribution < 1.29 is 9.53 Å². The molecule has 1 spiro atoms. The van der Waals surface area contributed by atoms with Crippen LogP contribution < -0.4 is 4.74 Å². The Hall–Kier alpha value is -2.68. The van der Waals surface area contributed by atoms with Crippen molar-refractivity contribution in [3.63, 3.8) is 0 Å². The number of carbonyl (C=O) groups is 1. The Kier molecular flexibility index (Phi) is 4.69. The Bertz CT molecular complexity index is 901. The molecule has 0 N–H and O–H groups in total. The molecule has 0 saturated heterocycles. The number of rotatable bonds is 4. The van der Waals surface area contributed by atoms with Gasteiger partial charge in [0.05, 0.1) is 18.4 Å². The average Bonchev–Trinajstić information content (AvgIpc) is 3.00. The van der Waals surface area contributed by atoms with E-state index in [9.17, 15) is 4.79 Å². The predicted molar refractivity (Wildman–Crippen MR) is 109 cm³/mol. The first-order valence-corrected chi connectivity index (χ1v) is 9.70. The van der Waals surface area contributed by atoms with Crippen LogP contribution in [0.1, 0.15) is 54.9 Å². The van der Waals surface area contributed by atoms with Crippen LogP contribution in [0.3, 0.4) is 0 Å². The Labute approximate surface area is 160 Å². The SMILES string of the molecule is COc1ccc(C2=NC3(CCCCC3)C(C)=C2C(=O)c2ccccc2)cc1. The Balaban J connectivity index is 1.83. The van der Waals surface area contributed by atoms with E-state index in [1.54, 1.807) is 7.11 Å². The van der Waals surface area contributed by atoms with E-state index in [4.69, 9.17) is 9.73 Å². The first kappa shape index (κ1) is 17.7. The lowest BCUT2D eigenvalue weighted by Gasteiger charge is -2.32. The van der Waals surface area contributed by atoms with Crippen LogP contribution in [0.4, 0.5) is 0 Å². The molecule has 3 heteroatoms. The molecule has 3 nitrogen and oxygen atoms in total. The molecular weight excluding hydrogens is 334 g/mol. The first-order valence-electron chi connectivity index (χ1n) is 9.70. The lowest BCUT2D eigenvalue weighted by Crippen LogP contribution is -2.29. The number of nitrogens with zero attached hydrogens (tertiary/aromatic N) is 1. The van der Waals surface area contributed by atoms with Crippen molar-refractivity contribution in [2.45, 2.75) is 44.6 Å². The minimum atomic E-state index is -0.201. The van der Waals surface area contributed by atoms with E-state index >= 15 is 0 Å². The van der Waals surface area contributed by atoms with Gasteiger partial charge in [-0.2, -0.15) is 0 Å². The summed E-state index contributed by atoms with van der Waals surface area (Å²) in [4.78, 5) is 18.6. The lowest BCUT2D eigenvalue weighted by atomic mass is 9.76. The van der Waals surface area contributed by atoms with Gasteiger partial charge in [-0.25, -0.2) is 0 Å². The zero-order valence-electron chi connectivity index (χ0n) is 16.0. The van der Waals surface area contributed by atoms with Crippen molar-refractivity contribution in [2.24, 2.45) is 4.99 Å². The molecule has 1 fully saturated rings. The molecule has 27 heavy (non-hydrogen) atoms. The molecule has 4 rings (SSSR count). The molecule has 0 radical (unpaired) electrons. The topological polar surface area (TPSA) is 38.7 Å². The number of benzene rings is 2.